The second kappa shape index (κ2) is 8.44. The molecule has 0 saturated heterocycles. The van der Waals surface area contributed by atoms with Crippen LogP contribution >= 0.6 is 0 Å². The predicted octanol–water partition coefficient (Wildman–Crippen LogP) is 2.00. The lowest BCUT2D eigenvalue weighted by Crippen LogP contribution is -2.45. The molecule has 1 N–H and O–H groups in total. The molecule has 1 unspecified atom stereocenters. The molecule has 0 bridgehead atoms. The molecule has 0 aliphatic carbocycles. The van der Waals surface area contributed by atoms with E-state index in [-0.39, 0.29) is 18.4 Å². The maximum absolute atomic E-state index is 12.4. The number of anilines is 1. The van der Waals surface area contributed by atoms with E-state index in [2.05, 4.69) is 5.32 Å². The fraction of sp³-hybridized carbons (Fsp3) is 0.300. The summed E-state index contributed by atoms with van der Waals surface area (Å²) in [6.07, 6.45) is -0.252. The second-order valence-corrected chi connectivity index (χ2v) is 6.05. The van der Waals surface area contributed by atoms with Crippen molar-refractivity contribution >= 4 is 17.5 Å². The fourth-order valence-electron chi connectivity index (χ4n) is 2.83. The molecule has 1 heterocycles. The minimum atomic E-state index is -0.625. The number of ether oxygens (including phenoxy) is 3. The molecular formula is C20H22N2O5. The van der Waals surface area contributed by atoms with E-state index in [9.17, 15) is 9.59 Å². The van der Waals surface area contributed by atoms with Gasteiger partial charge in [0.15, 0.2) is 24.2 Å². The molecule has 0 spiro atoms. The summed E-state index contributed by atoms with van der Waals surface area (Å²) in [5.41, 5.74) is 0.744. The highest BCUT2D eigenvalue weighted by atomic mass is 16.5. The van der Waals surface area contributed by atoms with Gasteiger partial charge >= 0.3 is 0 Å². The Bertz CT molecular complexity index is 824. The lowest BCUT2D eigenvalue weighted by Gasteiger charge is -2.31. The van der Waals surface area contributed by atoms with Crippen LogP contribution in [0.1, 0.15) is 6.42 Å². The standard InChI is InChI=1S/C20H22N2O5/c1-22-14-7-3-4-8-15(14)27-18(20(22)24)11-12-21-19(23)13-26-17-10-6-5-9-16(17)25-2/h3-10,18H,11-13H2,1-2H3,(H,21,23). The van der Waals surface area contributed by atoms with Crippen LogP contribution in [0.2, 0.25) is 0 Å². The maximum Gasteiger partial charge on any atom is 0.267 e. The molecule has 1 aliphatic heterocycles. The molecule has 27 heavy (non-hydrogen) atoms. The molecule has 2 amide bonds. The number of hydrogen-bond donors (Lipinski definition) is 1. The van der Waals surface area contributed by atoms with Crippen molar-refractivity contribution < 1.29 is 23.8 Å². The van der Waals surface area contributed by atoms with Crippen LogP contribution in [-0.2, 0) is 9.59 Å². The maximum atomic E-state index is 12.4. The number of fused-ring (bicyclic) bond motifs is 1. The normalized spacial score (nSPS) is 15.6. The Morgan fingerprint density at radius 2 is 1.85 bits per heavy atom. The Balaban J connectivity index is 1.47. The molecule has 0 aromatic heterocycles. The summed E-state index contributed by atoms with van der Waals surface area (Å²) in [4.78, 5) is 26.0. The predicted molar refractivity (Wildman–Crippen MR) is 100 cm³/mol. The largest absolute Gasteiger partial charge is 0.493 e. The van der Waals surface area contributed by atoms with Gasteiger partial charge in [0.05, 0.1) is 12.8 Å². The number of methoxy groups -OCH3 is 1. The van der Waals surface area contributed by atoms with Crippen molar-refractivity contribution in [3.63, 3.8) is 0 Å². The zero-order valence-electron chi connectivity index (χ0n) is 15.3. The SMILES string of the molecule is COc1ccccc1OCC(=O)NCCC1Oc2ccccc2N(C)C1=O. The monoisotopic (exact) mass is 370 g/mol. The molecule has 1 atom stereocenters. The van der Waals surface area contributed by atoms with E-state index in [1.807, 2.05) is 30.3 Å². The first-order valence-electron chi connectivity index (χ1n) is 8.66. The number of para-hydroxylation sites is 4. The lowest BCUT2D eigenvalue weighted by atomic mass is 10.1. The van der Waals surface area contributed by atoms with Crippen molar-refractivity contribution in [2.75, 3.05) is 32.2 Å². The van der Waals surface area contributed by atoms with Gasteiger partial charge in [-0.15, -0.1) is 0 Å². The van der Waals surface area contributed by atoms with Gasteiger partial charge in [-0.05, 0) is 24.3 Å². The highest BCUT2D eigenvalue weighted by molar-refractivity contribution is 5.99. The Labute approximate surface area is 157 Å². The highest BCUT2D eigenvalue weighted by Crippen LogP contribution is 2.33. The number of hydrogen-bond acceptors (Lipinski definition) is 5. The van der Waals surface area contributed by atoms with Crippen LogP contribution in [0, 0.1) is 0 Å². The van der Waals surface area contributed by atoms with E-state index in [4.69, 9.17) is 14.2 Å². The second-order valence-electron chi connectivity index (χ2n) is 6.05. The molecule has 2 aromatic rings. The van der Waals surface area contributed by atoms with Crippen molar-refractivity contribution in [2.24, 2.45) is 0 Å². The van der Waals surface area contributed by atoms with Crippen LogP contribution in [0.25, 0.3) is 0 Å². The smallest absolute Gasteiger partial charge is 0.267 e. The lowest BCUT2D eigenvalue weighted by molar-refractivity contribution is -0.127. The Morgan fingerprint density at radius 3 is 2.63 bits per heavy atom. The summed E-state index contributed by atoms with van der Waals surface area (Å²) in [5, 5.41) is 2.74. The number of benzene rings is 2. The summed E-state index contributed by atoms with van der Waals surface area (Å²) in [6.45, 7) is 0.170. The number of carbonyl (C=O) groups is 2. The molecule has 3 rings (SSSR count). The van der Waals surface area contributed by atoms with E-state index >= 15 is 0 Å². The minimum absolute atomic E-state index is 0.131. The number of amides is 2. The third-order valence-electron chi connectivity index (χ3n) is 4.26. The summed E-state index contributed by atoms with van der Waals surface area (Å²) >= 11 is 0. The molecule has 0 radical (unpaired) electrons. The summed E-state index contributed by atoms with van der Waals surface area (Å²) in [7, 11) is 3.26. The molecule has 7 nitrogen and oxygen atoms in total. The number of nitrogens with one attached hydrogen (secondary N) is 1. The first-order valence-corrected chi connectivity index (χ1v) is 8.66. The van der Waals surface area contributed by atoms with Crippen molar-refractivity contribution in [2.45, 2.75) is 12.5 Å². The van der Waals surface area contributed by atoms with E-state index < -0.39 is 6.10 Å². The number of carbonyl (C=O) groups excluding carboxylic acids is 2. The Morgan fingerprint density at radius 1 is 1.15 bits per heavy atom. The zero-order valence-corrected chi connectivity index (χ0v) is 15.3. The molecule has 7 heteroatoms. The molecule has 0 saturated carbocycles. The van der Waals surface area contributed by atoms with Crippen LogP contribution in [0.3, 0.4) is 0 Å². The summed E-state index contributed by atoms with van der Waals surface area (Å²) < 4.78 is 16.4. The van der Waals surface area contributed by atoms with Gasteiger partial charge in [0.25, 0.3) is 11.8 Å². The molecule has 0 fully saturated rings. The van der Waals surface area contributed by atoms with E-state index in [0.29, 0.717) is 30.2 Å². The van der Waals surface area contributed by atoms with Crippen molar-refractivity contribution in [3.05, 3.63) is 48.5 Å². The minimum Gasteiger partial charge on any atom is -0.493 e. The van der Waals surface area contributed by atoms with Gasteiger partial charge in [-0.25, -0.2) is 0 Å². The van der Waals surface area contributed by atoms with Crippen molar-refractivity contribution in [1.29, 1.82) is 0 Å². The van der Waals surface area contributed by atoms with E-state index in [0.717, 1.165) is 5.69 Å². The topological polar surface area (TPSA) is 77.1 Å². The highest BCUT2D eigenvalue weighted by Gasteiger charge is 2.31. The number of likely N-dealkylation sites (N-methyl/N-ethyl adjacent to an activating group) is 1. The van der Waals surface area contributed by atoms with Gasteiger partial charge in [-0.3, -0.25) is 9.59 Å². The van der Waals surface area contributed by atoms with Crippen LogP contribution in [0.15, 0.2) is 48.5 Å². The van der Waals surface area contributed by atoms with Crippen LogP contribution in [0.4, 0.5) is 5.69 Å². The number of nitrogens with zero attached hydrogens (tertiary/aromatic N) is 1. The number of rotatable bonds is 7. The molecule has 142 valence electrons. The first kappa shape index (κ1) is 18.6. The molecule has 1 aliphatic rings. The van der Waals surface area contributed by atoms with E-state index in [1.165, 1.54) is 0 Å². The first-order chi connectivity index (χ1) is 13.1. The van der Waals surface area contributed by atoms with Gasteiger partial charge in [0, 0.05) is 20.0 Å². The van der Waals surface area contributed by atoms with Crippen LogP contribution < -0.4 is 24.4 Å². The van der Waals surface area contributed by atoms with Gasteiger partial charge in [0.2, 0.25) is 0 Å². The van der Waals surface area contributed by atoms with Gasteiger partial charge in [-0.1, -0.05) is 24.3 Å². The van der Waals surface area contributed by atoms with Crippen molar-refractivity contribution in [1.82, 2.24) is 5.32 Å². The Kier molecular flexibility index (Phi) is 5.80. The van der Waals surface area contributed by atoms with Gasteiger partial charge in [0.1, 0.15) is 5.75 Å². The zero-order chi connectivity index (χ0) is 19.2. The quantitative estimate of drug-likeness (QED) is 0.807. The average molecular weight is 370 g/mol. The summed E-state index contributed by atoms with van der Waals surface area (Å²) in [6, 6.07) is 14.5. The Hall–Kier alpha value is -3.22. The molecule has 2 aromatic carbocycles. The van der Waals surface area contributed by atoms with Crippen molar-refractivity contribution in [3.8, 4) is 17.2 Å². The van der Waals surface area contributed by atoms with Crippen LogP contribution in [0.5, 0.6) is 17.2 Å². The fourth-order valence-corrected chi connectivity index (χ4v) is 2.83. The summed E-state index contributed by atoms with van der Waals surface area (Å²) in [5.74, 6) is 1.31. The molecular weight excluding hydrogens is 348 g/mol. The van der Waals surface area contributed by atoms with Crippen LogP contribution in [-0.4, -0.2) is 45.2 Å². The van der Waals surface area contributed by atoms with E-state index in [1.54, 1.807) is 37.3 Å². The third-order valence-corrected chi connectivity index (χ3v) is 4.26. The van der Waals surface area contributed by atoms with Gasteiger partial charge < -0.3 is 24.4 Å². The third kappa shape index (κ3) is 4.31. The average Bonchev–Trinajstić information content (AvgIpc) is 2.70. The van der Waals surface area contributed by atoms with Gasteiger partial charge in [-0.2, -0.15) is 0 Å².